The van der Waals surface area contributed by atoms with E-state index in [1.54, 1.807) is 29.2 Å². The van der Waals surface area contributed by atoms with Gasteiger partial charge in [0.2, 0.25) is 0 Å². The van der Waals surface area contributed by atoms with Crippen LogP contribution in [0, 0.1) is 0 Å². The van der Waals surface area contributed by atoms with Gasteiger partial charge in [-0.3, -0.25) is 14.5 Å². The summed E-state index contributed by atoms with van der Waals surface area (Å²) in [6.45, 7) is 2.52. The summed E-state index contributed by atoms with van der Waals surface area (Å²) >= 11 is 0. The fourth-order valence-corrected chi connectivity index (χ4v) is 2.01. The minimum atomic E-state index is -0.930. The Labute approximate surface area is 115 Å². The van der Waals surface area contributed by atoms with Crippen LogP contribution in [0.2, 0.25) is 0 Å². The summed E-state index contributed by atoms with van der Waals surface area (Å²) in [6.07, 6.45) is 0.795. The molecule has 1 aromatic heterocycles. The Balaban J connectivity index is 2.30. The summed E-state index contributed by atoms with van der Waals surface area (Å²) < 4.78 is 1.20. The minimum absolute atomic E-state index is 0.122. The Hall–Kier alpha value is -2.28. The van der Waals surface area contributed by atoms with Crippen LogP contribution in [-0.4, -0.2) is 44.1 Å². The second-order valence-corrected chi connectivity index (χ2v) is 4.50. The number of carboxylic acid groups (broad SMARTS) is 1. The first kappa shape index (κ1) is 14.1. The van der Waals surface area contributed by atoms with E-state index < -0.39 is 5.97 Å². The first-order valence-corrected chi connectivity index (χ1v) is 6.38. The van der Waals surface area contributed by atoms with Crippen LogP contribution in [0.3, 0.4) is 0 Å². The van der Waals surface area contributed by atoms with Crippen molar-refractivity contribution in [3.05, 3.63) is 34.6 Å². The number of rotatable bonds is 6. The number of nitrogens with zero attached hydrogens (tertiary/aromatic N) is 4. The Bertz CT molecular complexity index is 668. The quantitative estimate of drug-likeness (QED) is 0.828. The van der Waals surface area contributed by atoms with E-state index in [1.165, 1.54) is 4.68 Å². The molecule has 0 fully saturated rings. The Morgan fingerprint density at radius 3 is 2.85 bits per heavy atom. The van der Waals surface area contributed by atoms with Gasteiger partial charge in [-0.2, -0.15) is 4.68 Å². The second-order valence-electron chi connectivity index (χ2n) is 4.50. The first-order valence-electron chi connectivity index (χ1n) is 6.38. The van der Waals surface area contributed by atoms with Crippen molar-refractivity contribution in [2.75, 3.05) is 13.1 Å². The number of hydrogen-bond donors (Lipinski definition) is 1. The van der Waals surface area contributed by atoms with E-state index in [9.17, 15) is 9.59 Å². The average Bonchev–Trinajstić information content (AvgIpc) is 2.42. The van der Waals surface area contributed by atoms with Gasteiger partial charge in [-0.05, 0) is 18.6 Å². The molecular weight excluding hydrogens is 260 g/mol. The topological polar surface area (TPSA) is 88.3 Å². The average molecular weight is 276 g/mol. The molecule has 0 unspecified atom stereocenters. The molecule has 2 aromatic rings. The molecule has 0 atom stereocenters. The van der Waals surface area contributed by atoms with Gasteiger partial charge < -0.3 is 5.11 Å². The van der Waals surface area contributed by atoms with Crippen LogP contribution >= 0.6 is 0 Å². The molecule has 7 nitrogen and oxygen atoms in total. The molecule has 0 aliphatic heterocycles. The highest BCUT2D eigenvalue weighted by molar-refractivity contribution is 5.76. The Morgan fingerprint density at radius 2 is 2.15 bits per heavy atom. The SMILES string of the molecule is CCCN(CC(=O)O)Cn1nnc2ccccc2c1=O. The fraction of sp³-hybridized carbons (Fsp3) is 0.385. The molecule has 0 saturated carbocycles. The fourth-order valence-electron chi connectivity index (χ4n) is 2.01. The summed E-state index contributed by atoms with van der Waals surface area (Å²) in [7, 11) is 0. The van der Waals surface area contributed by atoms with Crippen LogP contribution in [0.15, 0.2) is 29.1 Å². The van der Waals surface area contributed by atoms with Crippen LogP contribution < -0.4 is 5.56 Å². The lowest BCUT2D eigenvalue weighted by Gasteiger charge is -2.19. The van der Waals surface area contributed by atoms with Gasteiger partial charge in [0.1, 0.15) is 5.52 Å². The first-order chi connectivity index (χ1) is 9.61. The Morgan fingerprint density at radius 1 is 1.40 bits per heavy atom. The van der Waals surface area contributed by atoms with E-state index >= 15 is 0 Å². The Kier molecular flexibility index (Phi) is 4.41. The highest BCUT2D eigenvalue weighted by Gasteiger charge is 2.12. The summed E-state index contributed by atoms with van der Waals surface area (Å²) in [4.78, 5) is 24.7. The molecule has 20 heavy (non-hydrogen) atoms. The molecule has 0 radical (unpaired) electrons. The van der Waals surface area contributed by atoms with Gasteiger partial charge in [-0.1, -0.05) is 24.3 Å². The van der Waals surface area contributed by atoms with Crippen molar-refractivity contribution in [3.63, 3.8) is 0 Å². The van der Waals surface area contributed by atoms with Crippen molar-refractivity contribution in [1.29, 1.82) is 0 Å². The van der Waals surface area contributed by atoms with Crippen LogP contribution in [0.1, 0.15) is 13.3 Å². The third kappa shape index (κ3) is 3.18. The molecule has 0 aliphatic carbocycles. The third-order valence-corrected chi connectivity index (χ3v) is 2.86. The number of benzene rings is 1. The number of fused-ring (bicyclic) bond motifs is 1. The standard InChI is InChI=1S/C13H16N4O3/c1-2-7-16(8-12(18)19)9-17-13(20)10-5-3-4-6-11(10)14-15-17/h3-6H,2,7-9H2,1H3,(H,18,19). The van der Waals surface area contributed by atoms with E-state index in [0.29, 0.717) is 17.4 Å². The van der Waals surface area contributed by atoms with Gasteiger partial charge in [0, 0.05) is 6.54 Å². The maximum Gasteiger partial charge on any atom is 0.317 e. The van der Waals surface area contributed by atoms with Gasteiger partial charge >= 0.3 is 5.97 Å². The smallest absolute Gasteiger partial charge is 0.317 e. The molecule has 0 amide bonds. The summed E-state index contributed by atoms with van der Waals surface area (Å²) in [5.41, 5.74) is 0.274. The van der Waals surface area contributed by atoms with Gasteiger partial charge in [-0.25, -0.2) is 0 Å². The predicted molar refractivity (Wildman–Crippen MR) is 73.3 cm³/mol. The van der Waals surface area contributed by atoms with Crippen molar-refractivity contribution in [2.45, 2.75) is 20.0 Å². The second kappa shape index (κ2) is 6.25. The highest BCUT2D eigenvalue weighted by atomic mass is 16.4. The minimum Gasteiger partial charge on any atom is -0.480 e. The van der Waals surface area contributed by atoms with Crippen molar-refractivity contribution < 1.29 is 9.90 Å². The normalized spacial score (nSPS) is 11.1. The molecule has 1 N–H and O–H groups in total. The van der Waals surface area contributed by atoms with E-state index in [4.69, 9.17) is 5.11 Å². The summed E-state index contributed by atoms with van der Waals surface area (Å²) in [5, 5.41) is 17.2. The zero-order valence-electron chi connectivity index (χ0n) is 11.2. The van der Waals surface area contributed by atoms with E-state index in [-0.39, 0.29) is 18.8 Å². The number of carbonyl (C=O) groups is 1. The van der Waals surface area contributed by atoms with Crippen LogP contribution in [0.25, 0.3) is 10.9 Å². The van der Waals surface area contributed by atoms with Crippen molar-refractivity contribution in [2.24, 2.45) is 0 Å². The third-order valence-electron chi connectivity index (χ3n) is 2.86. The van der Waals surface area contributed by atoms with E-state index in [1.807, 2.05) is 6.92 Å². The zero-order valence-corrected chi connectivity index (χ0v) is 11.2. The molecule has 7 heteroatoms. The maximum atomic E-state index is 12.2. The number of hydrogen-bond acceptors (Lipinski definition) is 5. The van der Waals surface area contributed by atoms with Gasteiger partial charge in [0.25, 0.3) is 5.56 Å². The molecule has 0 spiro atoms. The predicted octanol–water partition coefficient (Wildman–Crippen LogP) is 0.546. The van der Waals surface area contributed by atoms with Crippen molar-refractivity contribution in [3.8, 4) is 0 Å². The zero-order chi connectivity index (χ0) is 14.5. The molecule has 0 saturated heterocycles. The largest absolute Gasteiger partial charge is 0.480 e. The van der Waals surface area contributed by atoms with Gasteiger partial charge in [-0.15, -0.1) is 5.10 Å². The van der Waals surface area contributed by atoms with Crippen molar-refractivity contribution in [1.82, 2.24) is 19.9 Å². The molecule has 2 rings (SSSR count). The molecule has 106 valence electrons. The molecule has 0 bridgehead atoms. The monoisotopic (exact) mass is 276 g/mol. The lowest BCUT2D eigenvalue weighted by Crippen LogP contribution is -2.37. The highest BCUT2D eigenvalue weighted by Crippen LogP contribution is 2.03. The van der Waals surface area contributed by atoms with Crippen LogP contribution in [-0.2, 0) is 11.5 Å². The van der Waals surface area contributed by atoms with Crippen molar-refractivity contribution >= 4 is 16.9 Å². The molecule has 0 aliphatic rings. The number of aliphatic carboxylic acids is 1. The molecule has 1 aromatic carbocycles. The molecular formula is C13H16N4O3. The van der Waals surface area contributed by atoms with E-state index in [2.05, 4.69) is 10.3 Å². The van der Waals surface area contributed by atoms with Crippen LogP contribution in [0.4, 0.5) is 0 Å². The lowest BCUT2D eigenvalue weighted by molar-refractivity contribution is -0.138. The lowest BCUT2D eigenvalue weighted by atomic mass is 10.2. The number of carboxylic acids is 1. The maximum absolute atomic E-state index is 12.2. The van der Waals surface area contributed by atoms with Gasteiger partial charge in [0.05, 0.1) is 18.6 Å². The van der Waals surface area contributed by atoms with Gasteiger partial charge in [0.15, 0.2) is 0 Å². The van der Waals surface area contributed by atoms with E-state index in [0.717, 1.165) is 6.42 Å². The summed E-state index contributed by atoms with van der Waals surface area (Å²) in [6, 6.07) is 6.95. The summed E-state index contributed by atoms with van der Waals surface area (Å²) in [5.74, 6) is -0.930. The van der Waals surface area contributed by atoms with Crippen LogP contribution in [0.5, 0.6) is 0 Å². The number of aromatic nitrogens is 3. The molecule has 1 heterocycles.